The summed E-state index contributed by atoms with van der Waals surface area (Å²) >= 11 is 5.68. The Morgan fingerprint density at radius 1 is 1.44 bits per heavy atom. The Kier molecular flexibility index (Phi) is 2.40. The minimum absolute atomic E-state index is 0.405. The van der Waals surface area contributed by atoms with Gasteiger partial charge in [-0.15, -0.1) is 16.7 Å². The van der Waals surface area contributed by atoms with Crippen LogP contribution in [-0.2, 0) is 12.4 Å². The first-order valence-electron chi connectivity index (χ1n) is 5.32. The number of halogens is 1. The van der Waals surface area contributed by atoms with Crippen molar-refractivity contribution < 1.29 is 0 Å². The van der Waals surface area contributed by atoms with Crippen LogP contribution in [0.1, 0.15) is 30.3 Å². The third-order valence-electron chi connectivity index (χ3n) is 2.73. The van der Waals surface area contributed by atoms with Crippen LogP contribution in [0.5, 0.6) is 0 Å². The molecule has 0 aromatic carbocycles. The highest BCUT2D eigenvalue weighted by atomic mass is 35.5. The van der Waals surface area contributed by atoms with E-state index in [2.05, 4.69) is 19.9 Å². The maximum atomic E-state index is 5.68. The van der Waals surface area contributed by atoms with Crippen molar-refractivity contribution in [2.45, 2.75) is 31.3 Å². The largest absolute Gasteiger partial charge is 0.330 e. The van der Waals surface area contributed by atoms with Crippen LogP contribution in [0, 0.1) is 0 Å². The number of aromatic nitrogens is 5. The van der Waals surface area contributed by atoms with Gasteiger partial charge in [-0.1, -0.05) is 5.21 Å². The molecule has 84 valence electrons. The zero-order chi connectivity index (χ0) is 11.0. The van der Waals surface area contributed by atoms with Crippen molar-refractivity contribution in [1.29, 1.82) is 0 Å². The molecule has 2 aromatic heterocycles. The van der Waals surface area contributed by atoms with E-state index < -0.39 is 0 Å². The van der Waals surface area contributed by atoms with E-state index in [1.807, 2.05) is 18.7 Å². The molecule has 16 heavy (non-hydrogen) atoms. The van der Waals surface area contributed by atoms with E-state index in [0.29, 0.717) is 18.5 Å². The molecule has 3 rings (SSSR count). The molecule has 1 aliphatic rings. The van der Waals surface area contributed by atoms with Gasteiger partial charge in [0.1, 0.15) is 0 Å². The smallest absolute Gasteiger partial charge is 0.0974 e. The highest BCUT2D eigenvalue weighted by molar-refractivity contribution is 6.16. The minimum Gasteiger partial charge on any atom is -0.330 e. The van der Waals surface area contributed by atoms with Crippen LogP contribution in [0.2, 0.25) is 0 Å². The van der Waals surface area contributed by atoms with Gasteiger partial charge in [-0.25, -0.2) is 9.67 Å². The lowest BCUT2D eigenvalue weighted by Crippen LogP contribution is -2.06. The summed E-state index contributed by atoms with van der Waals surface area (Å²) in [5, 5.41) is 7.98. The summed E-state index contributed by atoms with van der Waals surface area (Å²) in [5.41, 5.74) is 1.98. The molecule has 0 unspecified atom stereocenters. The van der Waals surface area contributed by atoms with Gasteiger partial charge in [0.05, 0.1) is 42.5 Å². The van der Waals surface area contributed by atoms with Crippen molar-refractivity contribution in [1.82, 2.24) is 24.5 Å². The fourth-order valence-electron chi connectivity index (χ4n) is 1.78. The summed E-state index contributed by atoms with van der Waals surface area (Å²) in [4.78, 5) is 4.18. The molecule has 2 aromatic rings. The maximum Gasteiger partial charge on any atom is 0.0974 e. The highest BCUT2D eigenvalue weighted by Gasteiger charge is 2.25. The average Bonchev–Trinajstić information content (AvgIpc) is 2.88. The van der Waals surface area contributed by atoms with Crippen molar-refractivity contribution in [3.63, 3.8) is 0 Å². The third-order valence-corrected chi connectivity index (χ3v) is 3.01. The first-order chi connectivity index (χ1) is 7.86. The number of alkyl halides is 1. The standard InChI is InChI=1S/C10H12ClN5/c11-3-8-5-15(14-13-8)6-10-4-12-7-16(10)9-1-2-9/h4-5,7,9H,1-3,6H2. The number of nitrogens with zero attached hydrogens (tertiary/aromatic N) is 5. The van der Waals surface area contributed by atoms with Crippen LogP contribution >= 0.6 is 11.6 Å². The van der Waals surface area contributed by atoms with Gasteiger partial charge in [0.2, 0.25) is 0 Å². The van der Waals surface area contributed by atoms with Crippen LogP contribution in [0.3, 0.4) is 0 Å². The monoisotopic (exact) mass is 237 g/mol. The van der Waals surface area contributed by atoms with Crippen LogP contribution < -0.4 is 0 Å². The molecule has 0 bridgehead atoms. The third kappa shape index (κ3) is 1.82. The second-order valence-electron chi connectivity index (χ2n) is 4.06. The second-order valence-corrected chi connectivity index (χ2v) is 4.33. The van der Waals surface area contributed by atoms with Gasteiger partial charge in [0.15, 0.2) is 0 Å². The predicted octanol–water partition coefficient (Wildman–Crippen LogP) is 1.60. The maximum absolute atomic E-state index is 5.68. The Labute approximate surface area is 98.0 Å². The van der Waals surface area contributed by atoms with Gasteiger partial charge in [-0.3, -0.25) is 0 Å². The van der Waals surface area contributed by atoms with E-state index in [1.54, 1.807) is 4.68 Å². The van der Waals surface area contributed by atoms with Crippen LogP contribution in [0.15, 0.2) is 18.7 Å². The first kappa shape index (κ1) is 9.84. The van der Waals surface area contributed by atoms with E-state index >= 15 is 0 Å². The zero-order valence-electron chi connectivity index (χ0n) is 8.75. The topological polar surface area (TPSA) is 48.5 Å². The van der Waals surface area contributed by atoms with E-state index in [1.165, 1.54) is 18.5 Å². The van der Waals surface area contributed by atoms with Crippen molar-refractivity contribution in [2.75, 3.05) is 0 Å². The molecule has 1 fully saturated rings. The minimum atomic E-state index is 0.405. The van der Waals surface area contributed by atoms with E-state index in [-0.39, 0.29) is 0 Å². The Hall–Kier alpha value is -1.36. The lowest BCUT2D eigenvalue weighted by molar-refractivity contribution is 0.597. The number of rotatable bonds is 4. The molecule has 2 heterocycles. The molecule has 0 aliphatic heterocycles. The molecular formula is C10H12ClN5. The van der Waals surface area contributed by atoms with Gasteiger partial charge in [-0.05, 0) is 12.8 Å². The van der Waals surface area contributed by atoms with Crippen molar-refractivity contribution >= 4 is 11.6 Å². The summed E-state index contributed by atoms with van der Waals surface area (Å²) in [5.74, 6) is 0.405. The van der Waals surface area contributed by atoms with Gasteiger partial charge in [-0.2, -0.15) is 0 Å². The van der Waals surface area contributed by atoms with Gasteiger partial charge < -0.3 is 4.57 Å². The number of hydrogen-bond acceptors (Lipinski definition) is 3. The molecule has 1 saturated carbocycles. The van der Waals surface area contributed by atoms with Gasteiger partial charge in [0, 0.05) is 6.04 Å². The van der Waals surface area contributed by atoms with Gasteiger partial charge in [0.25, 0.3) is 0 Å². The molecule has 0 N–H and O–H groups in total. The predicted molar refractivity (Wildman–Crippen MR) is 59.2 cm³/mol. The summed E-state index contributed by atoms with van der Waals surface area (Å²) in [6.45, 7) is 0.709. The first-order valence-corrected chi connectivity index (χ1v) is 5.86. The normalized spacial score (nSPS) is 15.6. The zero-order valence-corrected chi connectivity index (χ0v) is 9.51. The van der Waals surface area contributed by atoms with E-state index in [4.69, 9.17) is 11.6 Å². The number of imidazole rings is 1. The molecule has 0 spiro atoms. The summed E-state index contributed by atoms with van der Waals surface area (Å²) < 4.78 is 4.02. The van der Waals surface area contributed by atoms with Crippen LogP contribution in [-0.4, -0.2) is 24.5 Å². The Morgan fingerprint density at radius 2 is 2.31 bits per heavy atom. The molecule has 0 saturated heterocycles. The molecule has 0 radical (unpaired) electrons. The van der Waals surface area contributed by atoms with Crippen molar-refractivity contribution in [3.8, 4) is 0 Å². The SMILES string of the molecule is ClCc1cn(Cc2cncn2C2CC2)nn1. The summed E-state index contributed by atoms with van der Waals surface area (Å²) in [6, 6.07) is 0.647. The fraction of sp³-hybridized carbons (Fsp3) is 0.500. The van der Waals surface area contributed by atoms with Crippen LogP contribution in [0.25, 0.3) is 0 Å². The second kappa shape index (κ2) is 3.90. The summed E-state index contributed by atoms with van der Waals surface area (Å²) in [7, 11) is 0. The van der Waals surface area contributed by atoms with Crippen molar-refractivity contribution in [2.24, 2.45) is 0 Å². The Morgan fingerprint density at radius 3 is 3.00 bits per heavy atom. The van der Waals surface area contributed by atoms with Gasteiger partial charge >= 0.3 is 0 Å². The highest BCUT2D eigenvalue weighted by Crippen LogP contribution is 2.35. The molecule has 5 nitrogen and oxygen atoms in total. The van der Waals surface area contributed by atoms with Crippen molar-refractivity contribution in [3.05, 3.63) is 30.1 Å². The van der Waals surface area contributed by atoms with E-state index in [9.17, 15) is 0 Å². The Balaban J connectivity index is 1.79. The quantitative estimate of drug-likeness (QED) is 0.759. The molecule has 0 amide bonds. The summed E-state index contributed by atoms with van der Waals surface area (Å²) in [6.07, 6.45) is 8.17. The lowest BCUT2D eigenvalue weighted by Gasteiger charge is -2.05. The van der Waals surface area contributed by atoms with E-state index in [0.717, 1.165) is 5.69 Å². The molecule has 0 atom stereocenters. The molecular weight excluding hydrogens is 226 g/mol. The fourth-order valence-corrected chi connectivity index (χ4v) is 1.90. The molecule has 6 heteroatoms. The average molecular weight is 238 g/mol. The van der Waals surface area contributed by atoms with Crippen LogP contribution in [0.4, 0.5) is 0 Å². The Bertz CT molecular complexity index is 485. The molecule has 1 aliphatic carbocycles. The number of hydrogen-bond donors (Lipinski definition) is 0. The lowest BCUT2D eigenvalue weighted by atomic mass is 10.4.